The van der Waals surface area contributed by atoms with E-state index >= 15 is 0 Å². The molecule has 0 spiro atoms. The molecule has 0 saturated carbocycles. The largest absolute Gasteiger partial charge is 0.390 e. The van der Waals surface area contributed by atoms with E-state index in [1.807, 2.05) is 25.1 Å². The summed E-state index contributed by atoms with van der Waals surface area (Å²) in [4.78, 5) is 21.4. The number of hydrogen-bond acceptors (Lipinski definition) is 7. The molecule has 7 nitrogen and oxygen atoms in total. The lowest BCUT2D eigenvalue weighted by Crippen LogP contribution is -2.54. The average molecular weight is 461 g/mol. The molecule has 1 aliphatic heterocycles. The molecule has 2 aromatic heterocycles. The minimum absolute atomic E-state index is 0.0351. The molecule has 34 heavy (non-hydrogen) atoms. The predicted octanol–water partition coefficient (Wildman–Crippen LogP) is 4.11. The van der Waals surface area contributed by atoms with Gasteiger partial charge in [0.25, 0.3) is 0 Å². The topological polar surface area (TPSA) is 89.5 Å². The first-order valence-electron chi connectivity index (χ1n) is 11.7. The minimum atomic E-state index is -0.279. The van der Waals surface area contributed by atoms with Crippen molar-refractivity contribution in [2.24, 2.45) is 5.16 Å². The molecule has 1 unspecified atom stereocenters. The highest BCUT2D eigenvalue weighted by Crippen LogP contribution is 2.38. The maximum atomic E-state index is 14.3. The van der Waals surface area contributed by atoms with E-state index in [4.69, 9.17) is 10.6 Å². The molecule has 2 aliphatic rings. The maximum Gasteiger partial charge on any atom is 0.220 e. The Kier molecular flexibility index (Phi) is 6.00. The van der Waals surface area contributed by atoms with E-state index < -0.39 is 0 Å². The number of anilines is 1. The van der Waals surface area contributed by atoms with Gasteiger partial charge in [0.05, 0.1) is 17.1 Å². The van der Waals surface area contributed by atoms with Crippen molar-refractivity contribution in [3.8, 4) is 11.1 Å². The Morgan fingerprint density at radius 1 is 1.18 bits per heavy atom. The third-order valence-corrected chi connectivity index (χ3v) is 6.70. The Bertz CT molecular complexity index is 1220. The van der Waals surface area contributed by atoms with Crippen LogP contribution in [0, 0.1) is 12.7 Å². The van der Waals surface area contributed by atoms with Crippen LogP contribution in [-0.4, -0.2) is 50.8 Å². The van der Waals surface area contributed by atoms with Crippen LogP contribution in [-0.2, 0) is 11.3 Å². The van der Waals surface area contributed by atoms with Gasteiger partial charge in [-0.3, -0.25) is 9.88 Å². The van der Waals surface area contributed by atoms with Crippen molar-refractivity contribution in [1.29, 1.82) is 0 Å². The summed E-state index contributed by atoms with van der Waals surface area (Å²) in [5.74, 6) is 0.00127. The molecule has 176 valence electrons. The van der Waals surface area contributed by atoms with Crippen LogP contribution in [0.2, 0.25) is 0 Å². The summed E-state index contributed by atoms with van der Waals surface area (Å²) in [6.07, 6.45) is 4.84. The number of aromatic nitrogens is 3. The molecule has 1 saturated heterocycles. The van der Waals surface area contributed by atoms with E-state index in [1.165, 1.54) is 6.07 Å². The lowest BCUT2D eigenvalue weighted by molar-refractivity contribution is -0.0651. The zero-order valence-corrected chi connectivity index (χ0v) is 19.7. The zero-order valence-electron chi connectivity index (χ0n) is 19.7. The van der Waals surface area contributed by atoms with Gasteiger partial charge in [-0.25, -0.2) is 14.4 Å². The second kappa shape index (κ2) is 9.10. The molecule has 1 aromatic carbocycles. The summed E-state index contributed by atoms with van der Waals surface area (Å²) in [7, 11) is 0. The lowest BCUT2D eigenvalue weighted by Gasteiger charge is -2.40. The normalized spacial score (nSPS) is 19.8. The maximum absolute atomic E-state index is 14.3. The van der Waals surface area contributed by atoms with Gasteiger partial charge in [-0.1, -0.05) is 17.3 Å². The molecule has 1 atom stereocenters. The molecule has 3 heterocycles. The number of fused-ring (bicyclic) bond motifs is 1. The second-order valence-electron chi connectivity index (χ2n) is 9.38. The molecule has 1 aliphatic carbocycles. The number of nitrogen functional groups attached to an aromatic ring is 1. The van der Waals surface area contributed by atoms with E-state index in [0.717, 1.165) is 52.4 Å². The van der Waals surface area contributed by atoms with Gasteiger partial charge >= 0.3 is 0 Å². The highest BCUT2D eigenvalue weighted by atomic mass is 19.1. The molecule has 0 amide bonds. The Labute approximate surface area is 198 Å². The van der Waals surface area contributed by atoms with Crippen molar-refractivity contribution in [1.82, 2.24) is 19.9 Å². The van der Waals surface area contributed by atoms with Crippen molar-refractivity contribution in [2.75, 3.05) is 18.8 Å². The molecular weight excluding hydrogens is 431 g/mol. The van der Waals surface area contributed by atoms with Crippen LogP contribution in [0.1, 0.15) is 48.7 Å². The summed E-state index contributed by atoms with van der Waals surface area (Å²) in [6, 6.07) is 9.24. The van der Waals surface area contributed by atoms with E-state index in [1.54, 1.807) is 18.5 Å². The molecule has 3 aromatic rings. The highest BCUT2D eigenvalue weighted by molar-refractivity contribution is 6.03. The number of oxime groups is 1. The third kappa shape index (κ3) is 4.37. The molecule has 8 heteroatoms. The van der Waals surface area contributed by atoms with Crippen LogP contribution in [0.3, 0.4) is 0 Å². The number of likely N-dealkylation sites (tertiary alicyclic amines) is 1. The smallest absolute Gasteiger partial charge is 0.220 e. The Hall–Kier alpha value is -3.39. The summed E-state index contributed by atoms with van der Waals surface area (Å²) in [5.41, 5.74) is 12.1. The van der Waals surface area contributed by atoms with Gasteiger partial charge in [0.2, 0.25) is 5.95 Å². The zero-order chi connectivity index (χ0) is 23.8. The lowest BCUT2D eigenvalue weighted by atomic mass is 9.78. The van der Waals surface area contributed by atoms with E-state index in [-0.39, 0.29) is 23.8 Å². The number of benzene rings is 1. The van der Waals surface area contributed by atoms with Crippen LogP contribution in [0.15, 0.2) is 47.9 Å². The van der Waals surface area contributed by atoms with Crippen LogP contribution in [0.4, 0.5) is 10.3 Å². The van der Waals surface area contributed by atoms with Gasteiger partial charge in [0, 0.05) is 49.1 Å². The van der Waals surface area contributed by atoms with Gasteiger partial charge in [0.1, 0.15) is 5.82 Å². The summed E-state index contributed by atoms with van der Waals surface area (Å²) in [6.45, 7) is 8.02. The van der Waals surface area contributed by atoms with Crippen molar-refractivity contribution in [3.05, 3.63) is 71.1 Å². The summed E-state index contributed by atoms with van der Waals surface area (Å²) in [5, 5.41) is 4.61. The van der Waals surface area contributed by atoms with Gasteiger partial charge in [-0.05, 0) is 62.4 Å². The van der Waals surface area contributed by atoms with E-state index in [9.17, 15) is 4.39 Å². The molecule has 0 radical (unpaired) electrons. The minimum Gasteiger partial charge on any atom is -0.390 e. The molecule has 2 N–H and O–H groups in total. The fourth-order valence-electron chi connectivity index (χ4n) is 4.88. The first-order chi connectivity index (χ1) is 16.4. The summed E-state index contributed by atoms with van der Waals surface area (Å²) < 4.78 is 14.3. The number of aryl methyl sites for hydroxylation is 1. The van der Waals surface area contributed by atoms with Gasteiger partial charge in [-0.15, -0.1) is 0 Å². The highest BCUT2D eigenvalue weighted by Gasteiger charge is 2.33. The number of hydrogen-bond donors (Lipinski definition) is 1. The van der Waals surface area contributed by atoms with Crippen LogP contribution < -0.4 is 5.73 Å². The van der Waals surface area contributed by atoms with Crippen molar-refractivity contribution >= 4 is 11.7 Å². The first-order valence-corrected chi connectivity index (χ1v) is 11.7. The van der Waals surface area contributed by atoms with Crippen molar-refractivity contribution < 1.29 is 9.23 Å². The standard InChI is InChI=1S/C26H29FN6O/c1-15(2)33-13-20(14-33)34-32-24-10-18(9-23-25(24)16(3)30-26(28)31-23)21-7-6-19(27)11-22(21)17-5-4-8-29-12-17/h4-8,11-12,15,18,20H,9-10,13-14H2,1-3H3,(H2,28,30,31)/b32-24+. The fourth-order valence-corrected chi connectivity index (χ4v) is 4.88. The molecule has 1 fully saturated rings. The van der Waals surface area contributed by atoms with Crippen molar-refractivity contribution in [3.63, 3.8) is 0 Å². The number of pyridine rings is 1. The first kappa shape index (κ1) is 22.4. The van der Waals surface area contributed by atoms with E-state index in [0.29, 0.717) is 18.9 Å². The monoisotopic (exact) mass is 460 g/mol. The van der Waals surface area contributed by atoms with Crippen LogP contribution in [0.25, 0.3) is 11.1 Å². The number of nitrogens with zero attached hydrogens (tertiary/aromatic N) is 5. The van der Waals surface area contributed by atoms with Gasteiger partial charge in [0.15, 0.2) is 6.10 Å². The van der Waals surface area contributed by atoms with Gasteiger partial charge < -0.3 is 10.6 Å². The Morgan fingerprint density at radius 3 is 2.74 bits per heavy atom. The SMILES string of the molecule is Cc1nc(N)nc2c1/C(=N/OC1CN(C(C)C)C1)CC(c1ccc(F)cc1-c1cccnc1)C2. The average Bonchev–Trinajstić information content (AvgIpc) is 2.77. The Morgan fingerprint density at radius 2 is 2.00 bits per heavy atom. The fraction of sp³-hybridized carbons (Fsp3) is 0.385. The quantitative estimate of drug-likeness (QED) is 0.577. The number of nitrogens with two attached hydrogens (primary N) is 1. The summed E-state index contributed by atoms with van der Waals surface area (Å²) >= 11 is 0. The van der Waals surface area contributed by atoms with Gasteiger partial charge in [-0.2, -0.15) is 0 Å². The van der Waals surface area contributed by atoms with E-state index in [2.05, 4.69) is 38.9 Å². The van der Waals surface area contributed by atoms with Crippen LogP contribution >= 0.6 is 0 Å². The third-order valence-electron chi connectivity index (χ3n) is 6.70. The second-order valence-corrected chi connectivity index (χ2v) is 9.38. The predicted molar refractivity (Wildman–Crippen MR) is 130 cm³/mol. The Balaban J connectivity index is 1.51. The number of rotatable bonds is 5. The molecule has 0 bridgehead atoms. The number of halogens is 1. The van der Waals surface area contributed by atoms with Crippen molar-refractivity contribution in [2.45, 2.75) is 51.7 Å². The van der Waals surface area contributed by atoms with Crippen LogP contribution in [0.5, 0.6) is 0 Å². The molecular formula is C26H29FN6O. The molecule has 5 rings (SSSR count).